The number of aromatic nitrogens is 3. The number of fused-ring (bicyclic) bond motifs is 3. The van der Waals surface area contributed by atoms with E-state index >= 15 is 0 Å². The van der Waals surface area contributed by atoms with Gasteiger partial charge in [-0.2, -0.15) is 0 Å². The van der Waals surface area contributed by atoms with Gasteiger partial charge in [0.25, 0.3) is 0 Å². The summed E-state index contributed by atoms with van der Waals surface area (Å²) in [7, 11) is 0. The van der Waals surface area contributed by atoms with E-state index < -0.39 is 134 Å². The Morgan fingerprint density at radius 3 is 1.89 bits per heavy atom. The quantitative estimate of drug-likeness (QED) is 0.208. The van der Waals surface area contributed by atoms with Crippen molar-refractivity contribution in [3.05, 3.63) is 127 Å². The molecule has 0 aliphatic carbocycles. The molecule has 0 amide bonds. The molecule has 0 fully saturated rings. The van der Waals surface area contributed by atoms with Crippen LogP contribution in [0.2, 0.25) is 0 Å². The molecule has 0 bridgehead atoms. The van der Waals surface area contributed by atoms with Gasteiger partial charge in [0.15, 0.2) is 0 Å². The van der Waals surface area contributed by atoms with Crippen molar-refractivity contribution in [1.82, 2.24) is 15.0 Å². The zero-order valence-electron chi connectivity index (χ0n) is 34.6. The van der Waals surface area contributed by atoms with Crippen LogP contribution in [0, 0.1) is 0 Å². The first-order chi connectivity index (χ1) is 25.0. The van der Waals surface area contributed by atoms with E-state index in [9.17, 15) is 0 Å². The van der Waals surface area contributed by atoms with E-state index in [0.29, 0.717) is 5.56 Å². The van der Waals surface area contributed by atoms with Gasteiger partial charge in [-0.25, -0.2) is 0 Å². The Bertz CT molecular complexity index is 2690. The van der Waals surface area contributed by atoms with E-state index in [1.165, 1.54) is 0 Å². The Morgan fingerprint density at radius 2 is 1.11 bits per heavy atom. The Kier molecular flexibility index (Phi) is 2.74. The molecule has 3 nitrogen and oxygen atoms in total. The summed E-state index contributed by atoms with van der Waals surface area (Å²) in [5.74, 6) is -1.51. The predicted molar refractivity (Wildman–Crippen MR) is 154 cm³/mol. The minimum atomic E-state index is -1.01. The van der Waals surface area contributed by atoms with Crippen LogP contribution >= 0.6 is 0 Å². The molecule has 0 saturated heterocycles. The van der Waals surface area contributed by atoms with Crippen LogP contribution in [0.4, 0.5) is 0 Å². The Hall–Kier alpha value is -4.37. The van der Waals surface area contributed by atoms with Gasteiger partial charge in [-0.3, -0.25) is 0 Å². The van der Waals surface area contributed by atoms with Crippen molar-refractivity contribution >= 4 is 33.8 Å². The van der Waals surface area contributed by atoms with E-state index in [4.69, 9.17) is 21.9 Å². The van der Waals surface area contributed by atoms with Gasteiger partial charge in [0, 0.05) is 0 Å². The summed E-state index contributed by atoms with van der Waals surface area (Å²) in [5.41, 5.74) is -0.756. The first-order valence-electron chi connectivity index (χ1n) is 18.9. The zero-order valence-corrected chi connectivity index (χ0v) is 20.3. The molecule has 37 heavy (non-hydrogen) atoms. The molecule has 2 aromatic heterocycles. The van der Waals surface area contributed by atoms with Gasteiger partial charge in [-0.15, -0.1) is 0 Å². The fourth-order valence-corrected chi connectivity index (χ4v) is 5.96. The van der Waals surface area contributed by atoms with Crippen LogP contribution < -0.4 is 0 Å². The van der Waals surface area contributed by atoms with Gasteiger partial charge in [-0.05, 0) is 0 Å². The third-order valence-electron chi connectivity index (χ3n) is 5.43. The topological polar surface area (TPSA) is 38.7 Å². The van der Waals surface area contributed by atoms with Gasteiger partial charge < -0.3 is 0 Å². The molecule has 174 valence electrons. The van der Waals surface area contributed by atoms with E-state index in [1.54, 1.807) is 30.3 Å². The van der Waals surface area contributed by atoms with Crippen LogP contribution in [-0.2, 0) is 0 Å². The van der Waals surface area contributed by atoms with Crippen LogP contribution in [0.15, 0.2) is 127 Å². The van der Waals surface area contributed by atoms with Crippen molar-refractivity contribution in [1.29, 1.82) is 0 Å². The average molecular weight is 555 g/mol. The molecule has 2 heterocycles. The van der Waals surface area contributed by atoms with Crippen LogP contribution in [-0.4, -0.2) is 29.5 Å². The van der Waals surface area contributed by atoms with Crippen LogP contribution in [0.25, 0.3) is 64.6 Å². The Labute approximate surface area is 243 Å². The minimum absolute atomic E-state index is 0.0121. The second-order valence-electron chi connectivity index (χ2n) is 7.68. The van der Waals surface area contributed by atoms with Crippen molar-refractivity contribution in [3.8, 4) is 45.3 Å². The number of nitrogens with zero attached hydrogens (tertiary/aromatic N) is 3. The number of benzene rings is 5. The van der Waals surface area contributed by atoms with Gasteiger partial charge in [-0.1, -0.05) is 6.07 Å². The molecule has 0 N–H and O–H groups in total. The molecule has 0 aliphatic rings. The van der Waals surface area contributed by atoms with Crippen molar-refractivity contribution in [2.24, 2.45) is 0 Å². The molecule has 7 rings (SSSR count). The normalized spacial score (nSPS) is 17.3. The first-order valence-corrected chi connectivity index (χ1v) is 12.6. The van der Waals surface area contributed by atoms with Crippen molar-refractivity contribution in [3.63, 3.8) is 0 Å². The summed E-state index contributed by atoms with van der Waals surface area (Å²) >= 11 is -1.01. The van der Waals surface area contributed by atoms with E-state index in [1.807, 2.05) is 0 Å². The maximum atomic E-state index is 8.99. The van der Waals surface area contributed by atoms with E-state index in [0.717, 1.165) is 0 Å². The molecule has 4 heteroatoms. The molecule has 0 unspecified atom stereocenters. The monoisotopic (exact) mass is 555 g/mol. The Balaban J connectivity index is 1.65. The SMILES string of the molecule is [2H]c1c([2H])c([2H])c(-c2nc(-c3c([2H])c([2H])c(-c4ccccc4)c([2H])c3[2H])nc(-c3c([2H])c([2H])c([2H])c4c3[se]c3c([2H])c([2H])c([2H])c([2H])c34)n2)c([2H])c1[2H]. The van der Waals surface area contributed by atoms with Crippen LogP contribution in [0.1, 0.15) is 21.9 Å². The van der Waals surface area contributed by atoms with Crippen molar-refractivity contribution < 1.29 is 21.9 Å². The second kappa shape index (κ2) is 9.25. The van der Waals surface area contributed by atoms with Crippen LogP contribution in [0.3, 0.4) is 0 Å². The third kappa shape index (κ3) is 4.07. The number of hydrogen-bond donors (Lipinski definition) is 0. The zero-order chi connectivity index (χ0) is 38.5. The van der Waals surface area contributed by atoms with E-state index in [-0.39, 0.29) is 36.5 Å². The Morgan fingerprint density at radius 1 is 0.486 bits per heavy atom. The standard InChI is InChI=1S/C33H21N3Se/c1-3-10-22(11-4-1)23-18-20-25(21-19-23)32-34-31(24-12-5-2-6-13-24)35-33(36-32)28-16-9-15-27-26-14-7-8-17-29(26)37-30(27)28/h1-21H/i2D,5D,6D,7D,8D,9D,12D,13D,14D,15D,16D,17D,18D,19D,20D,21D. The molecule has 0 spiro atoms. The predicted octanol–water partition coefficient (Wildman–Crippen LogP) is 7.90. The molecule has 0 atom stereocenters. The molecule has 0 aliphatic heterocycles. The number of rotatable bonds is 4. The van der Waals surface area contributed by atoms with E-state index in [2.05, 4.69) is 15.0 Å². The fourth-order valence-electron chi connectivity index (χ4n) is 3.73. The summed E-state index contributed by atoms with van der Waals surface area (Å²) in [6.45, 7) is 0. The molecule has 7 aromatic rings. The maximum absolute atomic E-state index is 8.99. The number of hydrogen-bond acceptors (Lipinski definition) is 3. The van der Waals surface area contributed by atoms with Gasteiger partial charge in [0.1, 0.15) is 0 Å². The fraction of sp³-hybridized carbons (Fsp3) is 0. The second-order valence-corrected chi connectivity index (χ2v) is 9.82. The molecule has 0 saturated carbocycles. The average Bonchev–Trinajstić information content (AvgIpc) is 3.54. The summed E-state index contributed by atoms with van der Waals surface area (Å²) in [6, 6.07) is -0.915. The summed E-state index contributed by atoms with van der Waals surface area (Å²) in [5, 5.41) is -0.0484. The summed E-state index contributed by atoms with van der Waals surface area (Å²) in [4.78, 5) is 13.2. The van der Waals surface area contributed by atoms with Gasteiger partial charge >= 0.3 is 237 Å². The van der Waals surface area contributed by atoms with Gasteiger partial charge in [0.05, 0.1) is 0 Å². The molecule has 0 radical (unpaired) electrons. The van der Waals surface area contributed by atoms with Crippen molar-refractivity contribution in [2.75, 3.05) is 0 Å². The van der Waals surface area contributed by atoms with Crippen molar-refractivity contribution in [2.45, 2.75) is 0 Å². The molecule has 5 aromatic carbocycles. The molecular formula is C33H21N3Se. The summed E-state index contributed by atoms with van der Waals surface area (Å²) in [6.07, 6.45) is 0. The first kappa shape index (κ1) is 10.9. The summed E-state index contributed by atoms with van der Waals surface area (Å²) < 4.78 is 138. The van der Waals surface area contributed by atoms with Gasteiger partial charge in [0.2, 0.25) is 0 Å². The van der Waals surface area contributed by atoms with Crippen LogP contribution in [0.5, 0.6) is 0 Å². The molecular weight excluding hydrogens is 517 g/mol. The third-order valence-corrected chi connectivity index (χ3v) is 7.79.